The number of imidazole rings is 1. The number of aliphatic carboxylic acids is 2. The SMILES string of the molecule is CN(Cc1ncc[nH]1)C(=O)N[C@@H](CC(=O)O)C(=O)O. The Morgan fingerprint density at radius 2 is 2.16 bits per heavy atom. The third-order valence-electron chi connectivity index (χ3n) is 2.26. The number of aromatic amines is 1. The Bertz CT molecular complexity index is 458. The van der Waals surface area contributed by atoms with Gasteiger partial charge in [-0.05, 0) is 0 Å². The Kier molecular flexibility index (Phi) is 4.86. The van der Waals surface area contributed by atoms with Gasteiger partial charge in [0.05, 0.1) is 13.0 Å². The number of carbonyl (C=O) groups is 3. The number of carboxylic acids is 2. The van der Waals surface area contributed by atoms with Gasteiger partial charge in [0.2, 0.25) is 0 Å². The van der Waals surface area contributed by atoms with Gasteiger partial charge in [0, 0.05) is 19.4 Å². The van der Waals surface area contributed by atoms with Gasteiger partial charge >= 0.3 is 18.0 Å². The van der Waals surface area contributed by atoms with Crippen LogP contribution in [0.4, 0.5) is 4.79 Å². The van der Waals surface area contributed by atoms with Crippen molar-refractivity contribution in [2.75, 3.05) is 7.05 Å². The molecule has 1 rings (SSSR count). The van der Waals surface area contributed by atoms with Crippen LogP contribution in [-0.4, -0.2) is 56.1 Å². The van der Waals surface area contributed by atoms with Crippen LogP contribution in [0.3, 0.4) is 0 Å². The van der Waals surface area contributed by atoms with E-state index >= 15 is 0 Å². The molecule has 0 radical (unpaired) electrons. The fraction of sp³-hybridized carbons (Fsp3) is 0.400. The predicted octanol–water partition coefficient (Wildman–Crippen LogP) is -0.521. The number of nitrogens with zero attached hydrogens (tertiary/aromatic N) is 2. The summed E-state index contributed by atoms with van der Waals surface area (Å²) in [6.07, 6.45) is 2.42. The maximum Gasteiger partial charge on any atom is 0.326 e. The van der Waals surface area contributed by atoms with Crippen molar-refractivity contribution in [2.24, 2.45) is 0 Å². The van der Waals surface area contributed by atoms with Crippen LogP contribution in [0, 0.1) is 0 Å². The number of carbonyl (C=O) groups excluding carboxylic acids is 1. The van der Waals surface area contributed by atoms with E-state index in [1.54, 1.807) is 6.20 Å². The Labute approximate surface area is 108 Å². The van der Waals surface area contributed by atoms with Gasteiger partial charge in [-0.25, -0.2) is 14.6 Å². The molecule has 0 saturated heterocycles. The first-order valence-corrected chi connectivity index (χ1v) is 5.34. The monoisotopic (exact) mass is 270 g/mol. The molecule has 0 bridgehead atoms. The van der Waals surface area contributed by atoms with Gasteiger partial charge in [0.25, 0.3) is 0 Å². The third-order valence-corrected chi connectivity index (χ3v) is 2.26. The Hall–Kier alpha value is -2.58. The molecule has 104 valence electrons. The first kappa shape index (κ1) is 14.5. The van der Waals surface area contributed by atoms with Crippen molar-refractivity contribution in [3.05, 3.63) is 18.2 Å². The predicted molar refractivity (Wildman–Crippen MR) is 62.3 cm³/mol. The first-order valence-electron chi connectivity index (χ1n) is 5.34. The van der Waals surface area contributed by atoms with Crippen LogP contribution >= 0.6 is 0 Å². The molecule has 1 aromatic rings. The first-order chi connectivity index (χ1) is 8.90. The van der Waals surface area contributed by atoms with E-state index < -0.39 is 30.4 Å². The Morgan fingerprint density at radius 3 is 2.63 bits per heavy atom. The summed E-state index contributed by atoms with van der Waals surface area (Å²) in [5, 5.41) is 19.5. The summed E-state index contributed by atoms with van der Waals surface area (Å²) in [5.41, 5.74) is 0. The molecule has 9 heteroatoms. The summed E-state index contributed by atoms with van der Waals surface area (Å²) in [7, 11) is 1.44. The van der Waals surface area contributed by atoms with Crippen molar-refractivity contribution >= 4 is 18.0 Å². The molecule has 0 aliphatic rings. The molecular formula is C10H14N4O5. The third kappa shape index (κ3) is 4.66. The van der Waals surface area contributed by atoms with Crippen LogP contribution in [0.5, 0.6) is 0 Å². The van der Waals surface area contributed by atoms with Crippen molar-refractivity contribution in [2.45, 2.75) is 19.0 Å². The van der Waals surface area contributed by atoms with Gasteiger partial charge in [-0.1, -0.05) is 0 Å². The number of hydrogen-bond acceptors (Lipinski definition) is 4. The number of aromatic nitrogens is 2. The van der Waals surface area contributed by atoms with Gasteiger partial charge in [-0.3, -0.25) is 4.79 Å². The van der Waals surface area contributed by atoms with Crippen molar-refractivity contribution < 1.29 is 24.6 Å². The van der Waals surface area contributed by atoms with Gasteiger partial charge in [0.15, 0.2) is 0 Å². The maximum atomic E-state index is 11.7. The van der Waals surface area contributed by atoms with E-state index in [9.17, 15) is 14.4 Å². The molecule has 0 aromatic carbocycles. The normalized spacial score (nSPS) is 11.6. The lowest BCUT2D eigenvalue weighted by atomic mass is 10.2. The summed E-state index contributed by atoms with van der Waals surface area (Å²) in [6, 6.07) is -2.16. The minimum atomic E-state index is -1.47. The second kappa shape index (κ2) is 6.38. The fourth-order valence-corrected chi connectivity index (χ4v) is 1.31. The van der Waals surface area contributed by atoms with E-state index in [1.165, 1.54) is 18.1 Å². The molecule has 0 aliphatic heterocycles. The van der Waals surface area contributed by atoms with Crippen LogP contribution in [0.2, 0.25) is 0 Å². The molecule has 1 atom stereocenters. The van der Waals surface area contributed by atoms with Crippen LogP contribution in [0.1, 0.15) is 12.2 Å². The average molecular weight is 270 g/mol. The van der Waals surface area contributed by atoms with E-state index in [2.05, 4.69) is 15.3 Å². The molecule has 0 fully saturated rings. The van der Waals surface area contributed by atoms with Gasteiger partial charge in [-0.15, -0.1) is 0 Å². The van der Waals surface area contributed by atoms with E-state index in [-0.39, 0.29) is 6.54 Å². The highest BCUT2D eigenvalue weighted by molar-refractivity contribution is 5.86. The lowest BCUT2D eigenvalue weighted by molar-refractivity contribution is -0.145. The number of urea groups is 1. The number of nitrogens with one attached hydrogen (secondary N) is 2. The quantitative estimate of drug-likeness (QED) is 0.549. The van der Waals surface area contributed by atoms with Crippen molar-refractivity contribution in [3.8, 4) is 0 Å². The highest BCUT2D eigenvalue weighted by atomic mass is 16.4. The fourth-order valence-electron chi connectivity index (χ4n) is 1.31. The van der Waals surface area contributed by atoms with E-state index in [0.29, 0.717) is 5.82 Å². The number of rotatable bonds is 6. The highest BCUT2D eigenvalue weighted by Gasteiger charge is 2.24. The Morgan fingerprint density at radius 1 is 1.47 bits per heavy atom. The summed E-state index contributed by atoms with van der Waals surface area (Å²) in [4.78, 5) is 40.8. The molecule has 1 aromatic heterocycles. The largest absolute Gasteiger partial charge is 0.481 e. The molecule has 0 spiro atoms. The summed E-state index contributed by atoms with van der Waals surface area (Å²) < 4.78 is 0. The van der Waals surface area contributed by atoms with Crippen LogP contribution in [0.25, 0.3) is 0 Å². The van der Waals surface area contributed by atoms with Gasteiger partial charge in [0.1, 0.15) is 11.9 Å². The van der Waals surface area contributed by atoms with Crippen LogP contribution < -0.4 is 5.32 Å². The second-order valence-electron chi connectivity index (χ2n) is 3.83. The second-order valence-corrected chi connectivity index (χ2v) is 3.83. The molecule has 9 nitrogen and oxygen atoms in total. The van der Waals surface area contributed by atoms with E-state index in [1.807, 2.05) is 0 Å². The summed E-state index contributed by atoms with van der Waals surface area (Å²) in [5.74, 6) is -2.17. The van der Waals surface area contributed by atoms with Gasteiger partial charge in [-0.2, -0.15) is 0 Å². The minimum Gasteiger partial charge on any atom is -0.481 e. The smallest absolute Gasteiger partial charge is 0.326 e. The molecule has 0 saturated carbocycles. The maximum absolute atomic E-state index is 11.7. The van der Waals surface area contributed by atoms with Crippen molar-refractivity contribution in [3.63, 3.8) is 0 Å². The molecule has 4 N–H and O–H groups in total. The zero-order chi connectivity index (χ0) is 14.4. The number of carboxylic acid groups (broad SMARTS) is 2. The topological polar surface area (TPSA) is 136 Å². The lowest BCUT2D eigenvalue weighted by Crippen LogP contribution is -2.47. The standard InChI is InChI=1S/C10H14N4O5/c1-14(5-7-11-2-3-12-7)10(19)13-6(9(17)18)4-8(15)16/h2-3,6H,4-5H2,1H3,(H,11,12)(H,13,19)(H,15,16)(H,17,18)/t6-/m0/s1. The van der Waals surface area contributed by atoms with E-state index in [0.717, 1.165) is 0 Å². The number of hydrogen-bond donors (Lipinski definition) is 4. The van der Waals surface area contributed by atoms with Crippen LogP contribution in [0.15, 0.2) is 12.4 Å². The minimum absolute atomic E-state index is 0.151. The zero-order valence-corrected chi connectivity index (χ0v) is 10.2. The molecule has 0 aliphatic carbocycles. The molecule has 1 heterocycles. The van der Waals surface area contributed by atoms with Crippen LogP contribution in [-0.2, 0) is 16.1 Å². The highest BCUT2D eigenvalue weighted by Crippen LogP contribution is 1.99. The van der Waals surface area contributed by atoms with Crippen molar-refractivity contribution in [1.29, 1.82) is 0 Å². The molecular weight excluding hydrogens is 256 g/mol. The molecule has 2 amide bonds. The van der Waals surface area contributed by atoms with E-state index in [4.69, 9.17) is 10.2 Å². The zero-order valence-electron chi connectivity index (χ0n) is 10.2. The summed E-state index contributed by atoms with van der Waals surface area (Å²) >= 11 is 0. The molecule has 19 heavy (non-hydrogen) atoms. The Balaban J connectivity index is 2.56. The molecule has 0 unspecified atom stereocenters. The van der Waals surface area contributed by atoms with Gasteiger partial charge < -0.3 is 25.4 Å². The summed E-state index contributed by atoms with van der Waals surface area (Å²) in [6.45, 7) is 0.151. The van der Waals surface area contributed by atoms with Crippen molar-refractivity contribution in [1.82, 2.24) is 20.2 Å². The average Bonchev–Trinajstić information content (AvgIpc) is 2.79. The lowest BCUT2D eigenvalue weighted by Gasteiger charge is -2.19. The number of amides is 2. The number of H-pyrrole nitrogens is 1.